The van der Waals surface area contributed by atoms with Crippen LogP contribution in [0.3, 0.4) is 0 Å². The summed E-state index contributed by atoms with van der Waals surface area (Å²) >= 11 is 1.25. The van der Waals surface area contributed by atoms with Crippen molar-refractivity contribution >= 4 is 40.4 Å². The Balaban J connectivity index is 1.52. The van der Waals surface area contributed by atoms with E-state index in [0.29, 0.717) is 10.8 Å². The number of para-hydroxylation sites is 2. The minimum absolute atomic E-state index is 0.0973. The molecule has 0 saturated carbocycles. The molecule has 0 aliphatic carbocycles. The number of benzene rings is 2. The molecule has 6 nitrogen and oxygen atoms in total. The van der Waals surface area contributed by atoms with Crippen molar-refractivity contribution in [3.8, 4) is 0 Å². The van der Waals surface area contributed by atoms with E-state index in [4.69, 9.17) is 0 Å². The van der Waals surface area contributed by atoms with Gasteiger partial charge in [-0.25, -0.2) is 9.78 Å². The normalized spacial score (nSPS) is 10.6. The molecule has 128 valence electrons. The first-order chi connectivity index (χ1) is 12.0. The van der Waals surface area contributed by atoms with Crippen molar-refractivity contribution in [1.82, 2.24) is 15.3 Å². The molecule has 3 rings (SSSR count). The third-order valence-corrected chi connectivity index (χ3v) is 4.46. The fraction of sp³-hybridized carbons (Fsp3) is 0.167. The Morgan fingerprint density at radius 2 is 1.96 bits per heavy atom. The van der Waals surface area contributed by atoms with E-state index in [1.165, 1.54) is 11.8 Å². The van der Waals surface area contributed by atoms with E-state index in [1.807, 2.05) is 56.3 Å². The van der Waals surface area contributed by atoms with E-state index >= 15 is 0 Å². The number of nitrogens with zero attached hydrogens (tertiary/aromatic N) is 1. The molecule has 7 heteroatoms. The monoisotopic (exact) mass is 354 g/mol. The number of thioether (sulfide) groups is 1. The third-order valence-electron chi connectivity index (χ3n) is 3.59. The van der Waals surface area contributed by atoms with Crippen LogP contribution in [-0.2, 0) is 4.79 Å². The van der Waals surface area contributed by atoms with Crippen LogP contribution in [0.4, 0.5) is 10.5 Å². The Morgan fingerprint density at radius 3 is 2.72 bits per heavy atom. The molecule has 3 aromatic rings. The molecular formula is C18H18N4O2S. The molecule has 1 heterocycles. The molecule has 0 aliphatic heterocycles. The topological polar surface area (TPSA) is 86.9 Å². The van der Waals surface area contributed by atoms with E-state index in [-0.39, 0.29) is 11.7 Å². The standard InChI is InChI=1S/C18H18N4O2S/c1-11-7-8-13(12(2)9-11)19-17(24)22-16(23)10-25-18-20-14-5-3-4-6-15(14)21-18/h3-9H,10H2,1-2H3,(H,20,21)(H2,19,22,23,24). The van der Waals surface area contributed by atoms with Crippen LogP contribution in [0.15, 0.2) is 47.6 Å². The molecule has 3 N–H and O–H groups in total. The first-order valence-corrected chi connectivity index (χ1v) is 8.75. The molecule has 3 amide bonds. The van der Waals surface area contributed by atoms with Crippen LogP contribution in [0.25, 0.3) is 11.0 Å². The number of hydrogen-bond acceptors (Lipinski definition) is 4. The summed E-state index contributed by atoms with van der Waals surface area (Å²) in [5, 5.41) is 5.65. The van der Waals surface area contributed by atoms with Crippen LogP contribution in [0, 0.1) is 13.8 Å². The second-order valence-electron chi connectivity index (χ2n) is 5.67. The summed E-state index contributed by atoms with van der Waals surface area (Å²) in [6.07, 6.45) is 0. The van der Waals surface area contributed by atoms with Gasteiger partial charge < -0.3 is 10.3 Å². The molecule has 1 aromatic heterocycles. The van der Waals surface area contributed by atoms with E-state index in [9.17, 15) is 9.59 Å². The van der Waals surface area contributed by atoms with Gasteiger partial charge in [0.2, 0.25) is 5.91 Å². The van der Waals surface area contributed by atoms with Crippen molar-refractivity contribution < 1.29 is 9.59 Å². The first-order valence-electron chi connectivity index (χ1n) is 7.77. The lowest BCUT2D eigenvalue weighted by atomic mass is 10.1. The Bertz CT molecular complexity index is 903. The molecule has 0 atom stereocenters. The lowest BCUT2D eigenvalue weighted by Crippen LogP contribution is -2.35. The molecule has 0 saturated heterocycles. The summed E-state index contributed by atoms with van der Waals surface area (Å²) in [5.74, 6) is -0.284. The number of rotatable bonds is 4. The highest BCUT2D eigenvalue weighted by atomic mass is 32.2. The zero-order valence-electron chi connectivity index (χ0n) is 13.9. The van der Waals surface area contributed by atoms with E-state index < -0.39 is 6.03 Å². The maximum atomic E-state index is 11.9. The zero-order valence-corrected chi connectivity index (χ0v) is 14.7. The van der Waals surface area contributed by atoms with Gasteiger partial charge in [-0.05, 0) is 37.6 Å². The smallest absolute Gasteiger partial charge is 0.325 e. The highest BCUT2D eigenvalue weighted by Crippen LogP contribution is 2.19. The number of carbonyl (C=O) groups excluding carboxylic acids is 2. The lowest BCUT2D eigenvalue weighted by molar-refractivity contribution is -0.117. The summed E-state index contributed by atoms with van der Waals surface area (Å²) < 4.78 is 0. The van der Waals surface area contributed by atoms with Crippen molar-refractivity contribution in [2.45, 2.75) is 19.0 Å². The molecule has 2 aromatic carbocycles. The van der Waals surface area contributed by atoms with Crippen LogP contribution in [-0.4, -0.2) is 27.7 Å². The number of carbonyl (C=O) groups is 2. The van der Waals surface area contributed by atoms with Crippen molar-refractivity contribution in [3.63, 3.8) is 0 Å². The van der Waals surface area contributed by atoms with Gasteiger partial charge in [0.1, 0.15) is 0 Å². The Labute approximate surface area is 149 Å². The number of anilines is 1. The van der Waals surface area contributed by atoms with Gasteiger partial charge in [-0.15, -0.1) is 0 Å². The van der Waals surface area contributed by atoms with Crippen LogP contribution in [0.1, 0.15) is 11.1 Å². The lowest BCUT2D eigenvalue weighted by Gasteiger charge is -2.09. The van der Waals surface area contributed by atoms with Crippen LogP contribution < -0.4 is 10.6 Å². The number of imide groups is 1. The van der Waals surface area contributed by atoms with Crippen LogP contribution in [0.2, 0.25) is 0 Å². The van der Waals surface area contributed by atoms with Gasteiger partial charge >= 0.3 is 6.03 Å². The molecule has 25 heavy (non-hydrogen) atoms. The first kappa shape index (κ1) is 17.0. The number of aromatic amines is 1. The van der Waals surface area contributed by atoms with Crippen molar-refractivity contribution in [2.75, 3.05) is 11.1 Å². The fourth-order valence-corrected chi connectivity index (χ4v) is 3.09. The summed E-state index contributed by atoms with van der Waals surface area (Å²) in [6.45, 7) is 3.89. The SMILES string of the molecule is Cc1ccc(NC(=O)NC(=O)CSc2nc3ccccc3[nH]2)c(C)c1. The summed E-state index contributed by atoms with van der Waals surface area (Å²) in [5.41, 5.74) is 4.50. The highest BCUT2D eigenvalue weighted by Gasteiger charge is 2.11. The number of nitrogens with one attached hydrogen (secondary N) is 3. The summed E-state index contributed by atoms with van der Waals surface area (Å²) in [7, 11) is 0. The number of amides is 3. The minimum atomic E-state index is -0.540. The van der Waals surface area contributed by atoms with Gasteiger partial charge in [0.05, 0.1) is 16.8 Å². The predicted octanol–water partition coefficient (Wildman–Crippen LogP) is 3.62. The fourth-order valence-electron chi connectivity index (χ4n) is 2.40. The Hall–Kier alpha value is -2.80. The predicted molar refractivity (Wildman–Crippen MR) is 99.9 cm³/mol. The second-order valence-corrected chi connectivity index (χ2v) is 6.63. The second kappa shape index (κ2) is 7.40. The maximum Gasteiger partial charge on any atom is 0.325 e. The van der Waals surface area contributed by atoms with Gasteiger partial charge in [-0.2, -0.15) is 0 Å². The number of imidazole rings is 1. The number of fused-ring (bicyclic) bond motifs is 1. The van der Waals surface area contributed by atoms with Crippen molar-refractivity contribution in [2.24, 2.45) is 0 Å². The molecule has 0 radical (unpaired) electrons. The molecule has 0 bridgehead atoms. The number of aromatic nitrogens is 2. The van der Waals surface area contributed by atoms with Gasteiger partial charge in [-0.1, -0.05) is 41.6 Å². The zero-order chi connectivity index (χ0) is 17.8. The van der Waals surface area contributed by atoms with Crippen LogP contribution in [0.5, 0.6) is 0 Å². The molecule has 0 fully saturated rings. The minimum Gasteiger partial charge on any atom is -0.333 e. The molecule has 0 spiro atoms. The molecule has 0 aliphatic rings. The van der Waals surface area contributed by atoms with Gasteiger partial charge in [0.25, 0.3) is 0 Å². The number of H-pyrrole nitrogens is 1. The molecular weight excluding hydrogens is 336 g/mol. The van der Waals surface area contributed by atoms with Gasteiger partial charge in [-0.3, -0.25) is 10.1 Å². The highest BCUT2D eigenvalue weighted by molar-refractivity contribution is 7.99. The number of aryl methyl sites for hydroxylation is 2. The largest absolute Gasteiger partial charge is 0.333 e. The number of urea groups is 1. The third kappa shape index (κ3) is 4.39. The number of hydrogen-bond donors (Lipinski definition) is 3. The van der Waals surface area contributed by atoms with Gasteiger partial charge in [0.15, 0.2) is 5.16 Å². The van der Waals surface area contributed by atoms with Crippen molar-refractivity contribution in [3.05, 3.63) is 53.6 Å². The Morgan fingerprint density at radius 1 is 1.16 bits per heavy atom. The average Bonchev–Trinajstić information content (AvgIpc) is 2.98. The Kier molecular flexibility index (Phi) is 5.04. The maximum absolute atomic E-state index is 11.9. The van der Waals surface area contributed by atoms with E-state index in [1.54, 1.807) is 0 Å². The van der Waals surface area contributed by atoms with E-state index in [2.05, 4.69) is 20.6 Å². The van der Waals surface area contributed by atoms with E-state index in [0.717, 1.165) is 22.2 Å². The summed E-state index contributed by atoms with van der Waals surface area (Å²) in [6, 6.07) is 12.8. The van der Waals surface area contributed by atoms with Gasteiger partial charge in [0, 0.05) is 5.69 Å². The quantitative estimate of drug-likeness (QED) is 0.625. The van der Waals surface area contributed by atoms with Crippen molar-refractivity contribution in [1.29, 1.82) is 0 Å². The summed E-state index contributed by atoms with van der Waals surface area (Å²) in [4.78, 5) is 31.4. The molecule has 0 unspecified atom stereocenters. The average molecular weight is 354 g/mol. The van der Waals surface area contributed by atoms with Crippen LogP contribution >= 0.6 is 11.8 Å².